The average molecular weight is 240 g/mol. The molecule has 0 aromatic rings. The Bertz CT molecular complexity index is 196. The third-order valence-corrected chi connectivity index (χ3v) is 4.11. The van der Waals surface area contributed by atoms with Gasteiger partial charge < -0.3 is 10.1 Å². The lowest BCUT2D eigenvalue weighted by atomic mass is 9.99. The largest absolute Gasteiger partial charge is 0.381 e. The zero-order valence-corrected chi connectivity index (χ0v) is 11.3. The molecule has 0 aromatic heterocycles. The summed E-state index contributed by atoms with van der Waals surface area (Å²) in [7, 11) is 0. The zero-order valence-electron chi connectivity index (χ0n) is 11.3. The Balaban J connectivity index is 1.93. The van der Waals surface area contributed by atoms with Gasteiger partial charge in [-0.2, -0.15) is 0 Å². The van der Waals surface area contributed by atoms with Crippen molar-refractivity contribution in [3.8, 4) is 0 Å². The van der Waals surface area contributed by atoms with Crippen LogP contribution in [0, 0.1) is 0 Å². The third kappa shape index (κ3) is 3.94. The number of ether oxygens (including phenoxy) is 1. The van der Waals surface area contributed by atoms with Crippen LogP contribution in [0.15, 0.2) is 0 Å². The van der Waals surface area contributed by atoms with Crippen LogP contribution in [0.4, 0.5) is 0 Å². The summed E-state index contributed by atoms with van der Waals surface area (Å²) in [6, 6.07) is 1.54. The van der Waals surface area contributed by atoms with Crippen LogP contribution in [0.5, 0.6) is 0 Å². The highest BCUT2D eigenvalue weighted by Gasteiger charge is 2.27. The van der Waals surface area contributed by atoms with Crippen LogP contribution in [-0.2, 0) is 4.74 Å². The maximum absolute atomic E-state index is 5.60. The highest BCUT2D eigenvalue weighted by molar-refractivity contribution is 4.84. The number of piperidine rings is 1. The maximum atomic E-state index is 5.60. The SMILES string of the molecule is CCCN(C1CCCOCC1)C1CCCNC1. The second kappa shape index (κ2) is 7.34. The van der Waals surface area contributed by atoms with Crippen molar-refractivity contribution in [3.05, 3.63) is 0 Å². The van der Waals surface area contributed by atoms with Gasteiger partial charge in [0.1, 0.15) is 0 Å². The minimum Gasteiger partial charge on any atom is -0.381 e. The van der Waals surface area contributed by atoms with E-state index in [1.165, 1.54) is 58.2 Å². The van der Waals surface area contributed by atoms with Gasteiger partial charge in [0.2, 0.25) is 0 Å². The quantitative estimate of drug-likeness (QED) is 0.813. The Hall–Kier alpha value is -0.120. The van der Waals surface area contributed by atoms with Crippen molar-refractivity contribution in [2.45, 2.75) is 57.5 Å². The molecule has 0 aliphatic carbocycles. The summed E-state index contributed by atoms with van der Waals surface area (Å²) in [6.07, 6.45) is 7.80. The predicted molar refractivity (Wildman–Crippen MR) is 71.3 cm³/mol. The fourth-order valence-corrected chi connectivity index (χ4v) is 3.26. The van der Waals surface area contributed by atoms with E-state index < -0.39 is 0 Å². The molecule has 0 spiro atoms. The van der Waals surface area contributed by atoms with Gasteiger partial charge in [0.25, 0.3) is 0 Å². The van der Waals surface area contributed by atoms with E-state index in [1.54, 1.807) is 0 Å². The van der Waals surface area contributed by atoms with E-state index in [0.717, 1.165) is 25.3 Å². The first-order chi connectivity index (χ1) is 8.42. The maximum Gasteiger partial charge on any atom is 0.0480 e. The first-order valence-electron chi connectivity index (χ1n) is 7.46. The Morgan fingerprint density at radius 2 is 2.00 bits per heavy atom. The van der Waals surface area contributed by atoms with Crippen LogP contribution >= 0.6 is 0 Å². The zero-order chi connectivity index (χ0) is 11.9. The molecular formula is C14H28N2O. The van der Waals surface area contributed by atoms with Crippen molar-refractivity contribution in [3.63, 3.8) is 0 Å². The van der Waals surface area contributed by atoms with Gasteiger partial charge >= 0.3 is 0 Å². The molecule has 2 unspecified atom stereocenters. The van der Waals surface area contributed by atoms with Gasteiger partial charge in [-0.25, -0.2) is 0 Å². The molecule has 0 bridgehead atoms. The fraction of sp³-hybridized carbons (Fsp3) is 1.00. The van der Waals surface area contributed by atoms with Crippen molar-refractivity contribution in [1.82, 2.24) is 10.2 Å². The third-order valence-electron chi connectivity index (χ3n) is 4.11. The monoisotopic (exact) mass is 240 g/mol. The van der Waals surface area contributed by atoms with E-state index in [2.05, 4.69) is 17.1 Å². The smallest absolute Gasteiger partial charge is 0.0480 e. The van der Waals surface area contributed by atoms with Crippen LogP contribution < -0.4 is 5.32 Å². The van der Waals surface area contributed by atoms with Gasteiger partial charge in [-0.1, -0.05) is 6.92 Å². The number of hydrogen-bond donors (Lipinski definition) is 1. The summed E-state index contributed by atoms with van der Waals surface area (Å²) in [5.74, 6) is 0. The van der Waals surface area contributed by atoms with E-state index in [1.807, 2.05) is 0 Å². The molecule has 2 fully saturated rings. The molecule has 0 amide bonds. The van der Waals surface area contributed by atoms with E-state index in [-0.39, 0.29) is 0 Å². The molecule has 0 radical (unpaired) electrons. The minimum atomic E-state index is 0.766. The predicted octanol–water partition coefficient (Wildman–Crippen LogP) is 2.02. The molecule has 3 nitrogen and oxygen atoms in total. The summed E-state index contributed by atoms with van der Waals surface area (Å²) < 4.78 is 5.60. The lowest BCUT2D eigenvalue weighted by Crippen LogP contribution is -2.50. The van der Waals surface area contributed by atoms with Gasteiger partial charge in [0.05, 0.1) is 0 Å². The Morgan fingerprint density at radius 3 is 2.76 bits per heavy atom. The summed E-state index contributed by atoms with van der Waals surface area (Å²) in [4.78, 5) is 2.78. The lowest BCUT2D eigenvalue weighted by Gasteiger charge is -2.39. The number of nitrogens with zero attached hydrogens (tertiary/aromatic N) is 1. The van der Waals surface area contributed by atoms with Crippen LogP contribution in [0.3, 0.4) is 0 Å². The second-order valence-electron chi connectivity index (χ2n) is 5.44. The van der Waals surface area contributed by atoms with Crippen molar-refractivity contribution in [1.29, 1.82) is 0 Å². The number of rotatable bonds is 4. The molecule has 0 saturated carbocycles. The molecule has 3 heteroatoms. The van der Waals surface area contributed by atoms with Crippen LogP contribution in [-0.4, -0.2) is 49.8 Å². The topological polar surface area (TPSA) is 24.5 Å². The standard InChI is InChI=1S/C14H28N2O/c1-2-9-16(14-5-3-8-15-12-14)13-6-4-10-17-11-7-13/h13-15H,2-12H2,1H3. The minimum absolute atomic E-state index is 0.766. The molecule has 0 aromatic carbocycles. The lowest BCUT2D eigenvalue weighted by molar-refractivity contribution is 0.0910. The van der Waals surface area contributed by atoms with Crippen molar-refractivity contribution in [2.75, 3.05) is 32.8 Å². The van der Waals surface area contributed by atoms with Crippen LogP contribution in [0.2, 0.25) is 0 Å². The molecular weight excluding hydrogens is 212 g/mol. The van der Waals surface area contributed by atoms with E-state index in [9.17, 15) is 0 Å². The van der Waals surface area contributed by atoms with Gasteiger partial charge in [-0.05, 0) is 51.6 Å². The molecule has 2 saturated heterocycles. The Labute approximate surface area is 106 Å². The fourth-order valence-electron chi connectivity index (χ4n) is 3.26. The summed E-state index contributed by atoms with van der Waals surface area (Å²) in [6.45, 7) is 7.90. The molecule has 2 aliphatic heterocycles. The number of hydrogen-bond acceptors (Lipinski definition) is 3. The van der Waals surface area contributed by atoms with E-state index >= 15 is 0 Å². The first kappa shape index (κ1) is 13.3. The molecule has 2 atom stereocenters. The van der Waals surface area contributed by atoms with Gasteiger partial charge in [-0.3, -0.25) is 4.90 Å². The van der Waals surface area contributed by atoms with Gasteiger partial charge in [0.15, 0.2) is 0 Å². The normalized spacial score (nSPS) is 31.4. The van der Waals surface area contributed by atoms with Crippen molar-refractivity contribution >= 4 is 0 Å². The second-order valence-corrected chi connectivity index (χ2v) is 5.44. The molecule has 2 heterocycles. The molecule has 1 N–H and O–H groups in total. The highest BCUT2D eigenvalue weighted by atomic mass is 16.5. The Kier molecular flexibility index (Phi) is 5.75. The molecule has 2 aliphatic rings. The van der Waals surface area contributed by atoms with E-state index in [0.29, 0.717) is 0 Å². The molecule has 100 valence electrons. The summed E-state index contributed by atoms with van der Waals surface area (Å²) in [5, 5.41) is 3.56. The van der Waals surface area contributed by atoms with Gasteiger partial charge in [0, 0.05) is 31.8 Å². The van der Waals surface area contributed by atoms with Crippen LogP contribution in [0.25, 0.3) is 0 Å². The average Bonchev–Trinajstić information content (AvgIpc) is 2.66. The number of nitrogens with one attached hydrogen (secondary N) is 1. The van der Waals surface area contributed by atoms with Gasteiger partial charge in [-0.15, -0.1) is 0 Å². The highest BCUT2D eigenvalue weighted by Crippen LogP contribution is 2.21. The van der Waals surface area contributed by atoms with Crippen molar-refractivity contribution in [2.24, 2.45) is 0 Å². The Morgan fingerprint density at radius 1 is 1.12 bits per heavy atom. The molecule has 17 heavy (non-hydrogen) atoms. The van der Waals surface area contributed by atoms with Crippen molar-refractivity contribution < 1.29 is 4.74 Å². The van der Waals surface area contributed by atoms with Crippen LogP contribution in [0.1, 0.15) is 45.4 Å². The summed E-state index contributed by atoms with van der Waals surface area (Å²) >= 11 is 0. The first-order valence-corrected chi connectivity index (χ1v) is 7.46. The molecule has 2 rings (SSSR count). The summed E-state index contributed by atoms with van der Waals surface area (Å²) in [5.41, 5.74) is 0. The van der Waals surface area contributed by atoms with E-state index in [4.69, 9.17) is 4.74 Å².